The fourth-order valence-corrected chi connectivity index (χ4v) is 8.20. The van der Waals surface area contributed by atoms with Crippen LogP contribution in [0, 0.1) is 41.4 Å². The van der Waals surface area contributed by atoms with Crippen LogP contribution in [0.15, 0.2) is 48.5 Å². The van der Waals surface area contributed by atoms with E-state index in [0.29, 0.717) is 0 Å². The Labute approximate surface area is 338 Å². The van der Waals surface area contributed by atoms with Crippen molar-refractivity contribution in [3.63, 3.8) is 0 Å². The molecular formula is C41H48O18. The molecule has 4 rings (SSSR count). The van der Waals surface area contributed by atoms with Crippen molar-refractivity contribution >= 4 is 47.0 Å². The summed E-state index contributed by atoms with van der Waals surface area (Å²) < 4.78 is 20.9. The van der Waals surface area contributed by atoms with E-state index in [2.05, 4.69) is 0 Å². The molecule has 0 saturated heterocycles. The molecule has 0 aromatic heterocycles. The number of aliphatic hydroxyl groups excluding tert-OH is 4. The fraction of sp³-hybridized carbons (Fsp3) is 0.512. The molecular weight excluding hydrogens is 780 g/mol. The quantitative estimate of drug-likeness (QED) is 0.0732. The first-order valence-electron chi connectivity index (χ1n) is 19.1. The molecule has 2 saturated carbocycles. The van der Waals surface area contributed by atoms with Crippen LogP contribution < -0.4 is 0 Å². The molecule has 7 unspecified atom stereocenters. The van der Waals surface area contributed by atoms with Gasteiger partial charge in [-0.15, -0.1) is 0 Å². The average molecular weight is 829 g/mol. The molecule has 0 heterocycles. The molecule has 0 radical (unpaired) electrons. The van der Waals surface area contributed by atoms with Crippen molar-refractivity contribution in [3.05, 3.63) is 59.7 Å². The van der Waals surface area contributed by atoms with Gasteiger partial charge in [0.2, 0.25) is 0 Å². The number of phenolic OH excluding ortho intramolecular Hbond substituents is 2. The third-order valence-corrected chi connectivity index (χ3v) is 10.7. The Morgan fingerprint density at radius 2 is 0.780 bits per heavy atom. The summed E-state index contributed by atoms with van der Waals surface area (Å²) >= 11 is 0. The Kier molecular flexibility index (Phi) is 15.6. The average Bonchev–Trinajstić information content (AvgIpc) is 3.19. The maximum Gasteiger partial charge on any atom is 0.317 e. The number of aromatic hydroxyl groups is 2. The van der Waals surface area contributed by atoms with Gasteiger partial charge in [0.25, 0.3) is 0 Å². The van der Waals surface area contributed by atoms with Crippen LogP contribution in [0.3, 0.4) is 0 Å². The molecule has 18 nitrogen and oxygen atoms in total. The van der Waals surface area contributed by atoms with Gasteiger partial charge in [0.1, 0.15) is 47.4 Å². The van der Waals surface area contributed by atoms with Crippen molar-refractivity contribution in [3.8, 4) is 11.5 Å². The number of aliphatic hydroxyl groups is 4. The van der Waals surface area contributed by atoms with Crippen LogP contribution in [-0.2, 0) is 57.3 Å². The number of benzene rings is 2. The van der Waals surface area contributed by atoms with Crippen LogP contribution in [0.4, 0.5) is 0 Å². The highest BCUT2D eigenvalue weighted by Gasteiger charge is 2.66. The van der Waals surface area contributed by atoms with Gasteiger partial charge < -0.3 is 49.6 Å². The minimum atomic E-state index is -2.72. The van der Waals surface area contributed by atoms with Crippen molar-refractivity contribution in [1.82, 2.24) is 0 Å². The van der Waals surface area contributed by atoms with Gasteiger partial charge in [-0.1, -0.05) is 24.3 Å². The van der Waals surface area contributed by atoms with Crippen LogP contribution in [0.1, 0.15) is 50.7 Å². The Bertz CT molecular complexity index is 1690. The third kappa shape index (κ3) is 9.20. The molecule has 0 aliphatic heterocycles. The standard InChI is InChI=1S/C41H48O18/c1-5-56-38(52)28-23(18-9-13-20(43)14-10-18)29(39(53)57-6-2)34(48)26(33(28)47)25(37(51)32(46)22(45)17-42)27-35(49)30(40(54)58-7-3)24(19-11-15-21(44)16-12-19)31(36(27)50)41(55)59-8-4/h9-16,22-32,37,42-46,51H,5-8,17H2,1-4H3. The Balaban J connectivity index is 2.10. The topological polar surface area (TPSA) is 295 Å². The van der Waals surface area contributed by atoms with Crippen LogP contribution >= 0.6 is 0 Å². The Morgan fingerprint density at radius 3 is 1.02 bits per heavy atom. The number of ketones is 4. The first-order chi connectivity index (χ1) is 28.0. The van der Waals surface area contributed by atoms with E-state index in [4.69, 9.17) is 18.9 Å². The number of phenols is 2. The molecule has 320 valence electrons. The molecule has 18 heteroatoms. The van der Waals surface area contributed by atoms with Crippen LogP contribution in [-0.4, -0.2) is 129 Å². The van der Waals surface area contributed by atoms with Crippen LogP contribution in [0.25, 0.3) is 0 Å². The second kappa shape index (κ2) is 19.9. The lowest BCUT2D eigenvalue weighted by Crippen LogP contribution is -2.63. The number of hydrogen-bond acceptors (Lipinski definition) is 18. The molecule has 0 bridgehead atoms. The second-order valence-electron chi connectivity index (χ2n) is 14.0. The Hall–Kier alpha value is -5.56. The molecule has 0 spiro atoms. The summed E-state index contributed by atoms with van der Waals surface area (Å²) in [6.07, 6.45) is -7.53. The number of carbonyl (C=O) groups is 8. The smallest absolute Gasteiger partial charge is 0.317 e. The summed E-state index contributed by atoms with van der Waals surface area (Å²) in [4.78, 5) is 115. The van der Waals surface area contributed by atoms with E-state index in [0.717, 1.165) is 24.3 Å². The summed E-state index contributed by atoms with van der Waals surface area (Å²) in [5, 5.41) is 63.4. The molecule has 2 aromatic carbocycles. The van der Waals surface area contributed by atoms with E-state index in [9.17, 15) is 69.0 Å². The minimum Gasteiger partial charge on any atom is -0.508 e. The first-order valence-corrected chi connectivity index (χ1v) is 19.1. The number of ether oxygens (including phenoxy) is 4. The zero-order valence-electron chi connectivity index (χ0n) is 32.7. The lowest BCUT2D eigenvalue weighted by Gasteiger charge is -2.46. The summed E-state index contributed by atoms with van der Waals surface area (Å²) in [6.45, 7) is 2.98. The van der Waals surface area contributed by atoms with E-state index >= 15 is 0 Å². The number of Topliss-reactive ketones (excluding diaryl/α,β-unsaturated/α-hetero) is 4. The highest BCUT2D eigenvalue weighted by atomic mass is 16.5. The van der Waals surface area contributed by atoms with Gasteiger partial charge in [0.05, 0.1) is 51.0 Å². The van der Waals surface area contributed by atoms with Crippen molar-refractivity contribution in [2.24, 2.45) is 41.4 Å². The molecule has 2 aliphatic carbocycles. The zero-order valence-corrected chi connectivity index (χ0v) is 32.7. The van der Waals surface area contributed by atoms with Gasteiger partial charge in [-0.2, -0.15) is 0 Å². The SMILES string of the molecule is CCOC(=O)C1C(=O)C(C(C2C(=O)C(C(=O)OCC)C(c3ccc(O)cc3)C(C(=O)OCC)C2=O)C(O)C(O)C(O)CO)C(=O)C(C(=O)OCC)C1c1ccc(O)cc1. The normalized spacial score (nSPS) is 26.6. The van der Waals surface area contributed by atoms with Gasteiger partial charge in [0, 0.05) is 17.8 Å². The van der Waals surface area contributed by atoms with Gasteiger partial charge in [-0.05, 0) is 63.1 Å². The molecule has 59 heavy (non-hydrogen) atoms. The van der Waals surface area contributed by atoms with Crippen molar-refractivity contribution < 1.29 is 87.9 Å². The number of hydrogen-bond donors (Lipinski definition) is 6. The predicted molar refractivity (Wildman–Crippen MR) is 198 cm³/mol. The summed E-state index contributed by atoms with van der Waals surface area (Å²) in [5.41, 5.74) is -0.0311. The third-order valence-electron chi connectivity index (χ3n) is 10.7. The van der Waals surface area contributed by atoms with Gasteiger partial charge in [-0.25, -0.2) is 0 Å². The molecule has 2 aliphatic rings. The second-order valence-corrected chi connectivity index (χ2v) is 14.0. The lowest BCUT2D eigenvalue weighted by atomic mass is 9.54. The zero-order chi connectivity index (χ0) is 43.9. The maximum atomic E-state index is 15.0. The highest BCUT2D eigenvalue weighted by molar-refractivity contribution is 6.22. The summed E-state index contributed by atoms with van der Waals surface area (Å²) in [5.74, 6) is -31.1. The molecule has 2 fully saturated rings. The van der Waals surface area contributed by atoms with Crippen molar-refractivity contribution in [1.29, 1.82) is 0 Å². The van der Waals surface area contributed by atoms with Crippen LogP contribution in [0.2, 0.25) is 0 Å². The number of rotatable bonds is 16. The summed E-state index contributed by atoms with van der Waals surface area (Å²) in [7, 11) is 0. The maximum absolute atomic E-state index is 15.0. The minimum absolute atomic E-state index is 0.0156. The lowest BCUT2D eigenvalue weighted by molar-refractivity contribution is -0.174. The van der Waals surface area contributed by atoms with E-state index in [-0.39, 0.29) is 49.1 Å². The predicted octanol–water partition coefficient (Wildman–Crippen LogP) is -0.0904. The molecule has 0 amide bonds. The molecule has 6 N–H and O–H groups in total. The number of esters is 4. The number of carbonyl (C=O) groups excluding carboxylic acids is 8. The van der Waals surface area contributed by atoms with Gasteiger partial charge >= 0.3 is 23.9 Å². The summed E-state index contributed by atoms with van der Waals surface area (Å²) in [6, 6.07) is 9.47. The van der Waals surface area contributed by atoms with Gasteiger partial charge in [0.15, 0.2) is 23.1 Å². The molecule has 2 aromatic rings. The fourth-order valence-electron chi connectivity index (χ4n) is 8.20. The van der Waals surface area contributed by atoms with Crippen molar-refractivity contribution in [2.75, 3.05) is 33.0 Å². The highest BCUT2D eigenvalue weighted by Crippen LogP contribution is 2.51. The van der Waals surface area contributed by atoms with E-state index in [1.807, 2.05) is 0 Å². The van der Waals surface area contributed by atoms with Crippen molar-refractivity contribution in [2.45, 2.75) is 57.8 Å². The first kappa shape index (κ1) is 46.1. The van der Waals surface area contributed by atoms with E-state index in [1.165, 1.54) is 52.0 Å². The largest absolute Gasteiger partial charge is 0.508 e. The molecule has 7 atom stereocenters. The van der Waals surface area contributed by atoms with E-state index < -0.39 is 125 Å². The van der Waals surface area contributed by atoms with E-state index in [1.54, 1.807) is 0 Å². The van der Waals surface area contributed by atoms with Crippen LogP contribution in [0.5, 0.6) is 11.5 Å². The van der Waals surface area contributed by atoms with Gasteiger partial charge in [-0.3, -0.25) is 38.4 Å². The monoisotopic (exact) mass is 828 g/mol. The Morgan fingerprint density at radius 1 is 0.508 bits per heavy atom.